The molecule has 18 heavy (non-hydrogen) atoms. The molecule has 1 unspecified atom stereocenters. The molecular weight excluding hydrogens is 234 g/mol. The molecule has 0 saturated heterocycles. The first-order chi connectivity index (χ1) is 8.56. The van der Waals surface area contributed by atoms with Gasteiger partial charge in [-0.2, -0.15) is 0 Å². The smallest absolute Gasteiger partial charge is 0.337 e. The van der Waals surface area contributed by atoms with E-state index in [0.717, 1.165) is 5.70 Å². The number of carbonyl (C=O) groups is 1. The number of hydrogen-bond donors (Lipinski definition) is 1. The van der Waals surface area contributed by atoms with Crippen molar-refractivity contribution in [2.45, 2.75) is 33.7 Å². The predicted molar refractivity (Wildman–Crippen MR) is 64.6 cm³/mol. The summed E-state index contributed by atoms with van der Waals surface area (Å²) in [6, 6.07) is -0.199. The fourth-order valence-corrected chi connectivity index (χ4v) is 2.14. The highest BCUT2D eigenvalue weighted by Crippen LogP contribution is 2.34. The summed E-state index contributed by atoms with van der Waals surface area (Å²) in [6.07, 6.45) is 0. The number of nitrogens with one attached hydrogen (secondary N) is 1. The van der Waals surface area contributed by atoms with E-state index in [9.17, 15) is 4.79 Å². The van der Waals surface area contributed by atoms with Crippen LogP contribution >= 0.6 is 0 Å². The van der Waals surface area contributed by atoms with Crippen LogP contribution in [0.4, 0.5) is 5.95 Å². The van der Waals surface area contributed by atoms with E-state index in [0.29, 0.717) is 18.1 Å². The zero-order valence-corrected chi connectivity index (χ0v) is 11.0. The SMILES string of the molecule is CCOC(=O)C1=C(C)Nc2nnnn2C1C(C)C. The monoisotopic (exact) mass is 251 g/mol. The number of tetrazole rings is 1. The topological polar surface area (TPSA) is 81.9 Å². The van der Waals surface area contributed by atoms with Crippen molar-refractivity contribution < 1.29 is 9.53 Å². The summed E-state index contributed by atoms with van der Waals surface area (Å²) in [5.41, 5.74) is 1.33. The van der Waals surface area contributed by atoms with E-state index in [1.54, 1.807) is 11.6 Å². The first kappa shape index (κ1) is 12.5. The van der Waals surface area contributed by atoms with Crippen molar-refractivity contribution in [1.29, 1.82) is 0 Å². The Bertz CT molecular complexity index is 491. The van der Waals surface area contributed by atoms with E-state index in [1.165, 1.54) is 0 Å². The summed E-state index contributed by atoms with van der Waals surface area (Å²) in [7, 11) is 0. The number of carbonyl (C=O) groups excluding carboxylic acids is 1. The Morgan fingerprint density at radius 3 is 2.89 bits per heavy atom. The molecule has 1 atom stereocenters. The van der Waals surface area contributed by atoms with Crippen LogP contribution in [-0.2, 0) is 9.53 Å². The highest BCUT2D eigenvalue weighted by atomic mass is 16.5. The highest BCUT2D eigenvalue weighted by Gasteiger charge is 2.35. The molecular formula is C11H17N5O2. The first-order valence-corrected chi connectivity index (χ1v) is 5.99. The minimum Gasteiger partial charge on any atom is -0.463 e. The standard InChI is InChI=1S/C11H17N5O2/c1-5-18-10(17)8-7(4)12-11-13-14-15-16(11)9(8)6(2)3/h6,9H,5H2,1-4H3,(H,12,13,15). The summed E-state index contributed by atoms with van der Waals surface area (Å²) in [5.74, 6) is 0.422. The second-order valence-electron chi connectivity index (χ2n) is 4.52. The Morgan fingerprint density at radius 1 is 1.56 bits per heavy atom. The molecule has 1 aliphatic heterocycles. The molecule has 1 N–H and O–H groups in total. The fourth-order valence-electron chi connectivity index (χ4n) is 2.14. The molecule has 0 amide bonds. The van der Waals surface area contributed by atoms with Crippen molar-refractivity contribution in [2.24, 2.45) is 5.92 Å². The number of nitrogens with zero attached hydrogens (tertiary/aromatic N) is 4. The molecule has 0 spiro atoms. The number of rotatable bonds is 3. The lowest BCUT2D eigenvalue weighted by Crippen LogP contribution is -2.31. The lowest BCUT2D eigenvalue weighted by Gasteiger charge is -2.29. The molecule has 1 aromatic rings. The molecule has 0 aromatic carbocycles. The number of allylic oxidation sites excluding steroid dienone is 1. The van der Waals surface area contributed by atoms with Crippen molar-refractivity contribution in [3.05, 3.63) is 11.3 Å². The molecule has 0 radical (unpaired) electrons. The van der Waals surface area contributed by atoms with E-state index in [2.05, 4.69) is 20.8 Å². The van der Waals surface area contributed by atoms with Crippen LogP contribution in [0.5, 0.6) is 0 Å². The molecule has 0 bridgehead atoms. The predicted octanol–water partition coefficient (Wildman–Crippen LogP) is 1.13. The van der Waals surface area contributed by atoms with Crippen molar-refractivity contribution >= 4 is 11.9 Å². The largest absolute Gasteiger partial charge is 0.463 e. The second kappa shape index (κ2) is 4.75. The molecule has 1 aliphatic rings. The lowest BCUT2D eigenvalue weighted by atomic mass is 9.93. The summed E-state index contributed by atoms with van der Waals surface area (Å²) in [5, 5.41) is 14.5. The molecule has 2 rings (SSSR count). The van der Waals surface area contributed by atoms with E-state index < -0.39 is 0 Å². The molecule has 0 aliphatic carbocycles. The van der Waals surface area contributed by atoms with Gasteiger partial charge in [-0.3, -0.25) is 0 Å². The van der Waals surface area contributed by atoms with Gasteiger partial charge in [-0.15, -0.1) is 0 Å². The van der Waals surface area contributed by atoms with Gasteiger partial charge in [-0.25, -0.2) is 9.48 Å². The van der Waals surface area contributed by atoms with Crippen LogP contribution < -0.4 is 5.32 Å². The van der Waals surface area contributed by atoms with Crippen LogP contribution in [0.2, 0.25) is 0 Å². The van der Waals surface area contributed by atoms with Gasteiger partial charge in [-0.1, -0.05) is 18.9 Å². The number of hydrogen-bond acceptors (Lipinski definition) is 6. The minimum absolute atomic E-state index is 0.184. The van der Waals surface area contributed by atoms with Gasteiger partial charge in [0.25, 0.3) is 0 Å². The Hall–Kier alpha value is -1.92. The average molecular weight is 251 g/mol. The van der Waals surface area contributed by atoms with Gasteiger partial charge in [0, 0.05) is 5.70 Å². The quantitative estimate of drug-likeness (QED) is 0.811. The third kappa shape index (κ3) is 1.96. The van der Waals surface area contributed by atoms with Crippen molar-refractivity contribution in [3.8, 4) is 0 Å². The minimum atomic E-state index is -0.317. The highest BCUT2D eigenvalue weighted by molar-refractivity contribution is 5.91. The van der Waals surface area contributed by atoms with Gasteiger partial charge in [0.1, 0.15) is 0 Å². The van der Waals surface area contributed by atoms with E-state index in [4.69, 9.17) is 4.74 Å². The van der Waals surface area contributed by atoms with Gasteiger partial charge < -0.3 is 10.1 Å². The zero-order chi connectivity index (χ0) is 13.3. The molecule has 0 saturated carbocycles. The van der Waals surface area contributed by atoms with Crippen LogP contribution in [0.15, 0.2) is 11.3 Å². The van der Waals surface area contributed by atoms with Crippen molar-refractivity contribution in [2.75, 3.05) is 11.9 Å². The summed E-state index contributed by atoms with van der Waals surface area (Å²) in [4.78, 5) is 12.1. The Balaban J connectivity index is 2.45. The van der Waals surface area contributed by atoms with Crippen LogP contribution in [0.25, 0.3) is 0 Å². The molecule has 7 heteroatoms. The van der Waals surface area contributed by atoms with E-state index >= 15 is 0 Å². The summed E-state index contributed by atoms with van der Waals surface area (Å²) >= 11 is 0. The second-order valence-corrected chi connectivity index (χ2v) is 4.52. The van der Waals surface area contributed by atoms with Crippen LogP contribution in [0, 0.1) is 5.92 Å². The summed E-state index contributed by atoms with van der Waals surface area (Å²) < 4.78 is 6.73. The van der Waals surface area contributed by atoms with Crippen molar-refractivity contribution in [3.63, 3.8) is 0 Å². The fraction of sp³-hybridized carbons (Fsp3) is 0.636. The van der Waals surface area contributed by atoms with Gasteiger partial charge in [0.2, 0.25) is 5.95 Å². The molecule has 98 valence electrons. The number of ether oxygens (including phenoxy) is 1. The maximum atomic E-state index is 12.1. The Morgan fingerprint density at radius 2 is 2.28 bits per heavy atom. The maximum Gasteiger partial charge on any atom is 0.337 e. The molecule has 2 heterocycles. The normalized spacial score (nSPS) is 18.6. The third-order valence-electron chi connectivity index (χ3n) is 2.88. The molecule has 7 nitrogen and oxygen atoms in total. The van der Waals surface area contributed by atoms with Crippen molar-refractivity contribution in [1.82, 2.24) is 20.2 Å². The van der Waals surface area contributed by atoms with E-state index in [1.807, 2.05) is 20.8 Å². The Labute approximate surface area is 105 Å². The number of esters is 1. The Kier molecular flexibility index (Phi) is 3.31. The van der Waals surface area contributed by atoms with Gasteiger partial charge in [-0.05, 0) is 30.2 Å². The van der Waals surface area contributed by atoms with Gasteiger partial charge >= 0.3 is 5.97 Å². The molecule has 1 aromatic heterocycles. The van der Waals surface area contributed by atoms with Crippen LogP contribution in [0.3, 0.4) is 0 Å². The number of anilines is 1. The van der Waals surface area contributed by atoms with Gasteiger partial charge in [0.05, 0.1) is 18.2 Å². The zero-order valence-electron chi connectivity index (χ0n) is 11.0. The third-order valence-corrected chi connectivity index (χ3v) is 2.88. The number of fused-ring (bicyclic) bond motifs is 1. The molecule has 0 fully saturated rings. The summed E-state index contributed by atoms with van der Waals surface area (Å²) in [6.45, 7) is 8.02. The maximum absolute atomic E-state index is 12.1. The lowest BCUT2D eigenvalue weighted by molar-refractivity contribution is -0.139. The average Bonchev–Trinajstić information content (AvgIpc) is 2.74. The van der Waals surface area contributed by atoms with E-state index in [-0.39, 0.29) is 17.9 Å². The van der Waals surface area contributed by atoms with Gasteiger partial charge in [0.15, 0.2) is 0 Å². The first-order valence-electron chi connectivity index (χ1n) is 5.99. The van der Waals surface area contributed by atoms with Crippen LogP contribution in [0.1, 0.15) is 33.7 Å². The van der Waals surface area contributed by atoms with Crippen LogP contribution in [-0.4, -0.2) is 32.8 Å². The number of aromatic nitrogens is 4.